The first kappa shape index (κ1) is 14.3. The van der Waals surface area contributed by atoms with Crippen LogP contribution in [0.4, 0.5) is 5.69 Å². The number of epoxide rings is 1. The van der Waals surface area contributed by atoms with Crippen LogP contribution in [0.2, 0.25) is 0 Å². The van der Waals surface area contributed by atoms with E-state index in [0.717, 1.165) is 42.9 Å². The number of rotatable bonds is 1. The molecule has 2 spiro atoms. The Labute approximate surface area is 147 Å². The Hall–Kier alpha value is -1.85. The van der Waals surface area contributed by atoms with Gasteiger partial charge in [-0.2, -0.15) is 0 Å². The Balaban J connectivity index is 1.65. The molecular formula is C20H22N2O3. The zero-order chi connectivity index (χ0) is 17.0. The van der Waals surface area contributed by atoms with Crippen LogP contribution in [0.15, 0.2) is 35.5 Å². The summed E-state index contributed by atoms with van der Waals surface area (Å²) >= 11 is 0. The molecule has 5 nitrogen and oxygen atoms in total. The summed E-state index contributed by atoms with van der Waals surface area (Å²) in [6.45, 7) is 4.12. The van der Waals surface area contributed by atoms with Crippen molar-refractivity contribution in [3.8, 4) is 0 Å². The third-order valence-corrected chi connectivity index (χ3v) is 7.47. The molecule has 1 aliphatic carbocycles. The van der Waals surface area contributed by atoms with Gasteiger partial charge in [-0.1, -0.05) is 18.2 Å². The number of hydrogen-bond donors (Lipinski definition) is 1. The normalized spacial score (nSPS) is 42.9. The molecule has 4 heterocycles. The van der Waals surface area contributed by atoms with Gasteiger partial charge >= 0.3 is 5.97 Å². The molecule has 0 aromatic heterocycles. The molecule has 4 aliphatic heterocycles. The number of para-hydroxylation sites is 1. The van der Waals surface area contributed by atoms with Crippen molar-refractivity contribution < 1.29 is 14.3 Å². The zero-order valence-electron chi connectivity index (χ0n) is 14.5. The molecule has 1 aromatic rings. The molecule has 3 fully saturated rings. The summed E-state index contributed by atoms with van der Waals surface area (Å²) in [5, 5.41) is 3.63. The SMILES string of the molecule is COC(=O)C1=C2Nc3ccccc3C23CCN2C[C@]4(O[C@@H]4C)[C@@H]1C[C@H]23. The van der Waals surface area contributed by atoms with Crippen molar-refractivity contribution in [1.82, 2.24) is 4.90 Å². The summed E-state index contributed by atoms with van der Waals surface area (Å²) in [5.41, 5.74) is 4.12. The average molecular weight is 338 g/mol. The molecule has 0 radical (unpaired) electrons. The standard InChI is InChI=1S/C20H22N2O3/c1-11-20(25-11)10-22-8-7-19-12-5-3-4-6-14(12)21-17(19)16(18(23)24-2)13(20)9-15(19)22/h3-6,11,13,15,21H,7-10H2,1-2H3/t11-,13-,15+,19?,20-/m1/s1. The van der Waals surface area contributed by atoms with E-state index < -0.39 is 0 Å². The number of benzene rings is 1. The van der Waals surface area contributed by atoms with Gasteiger partial charge in [-0.05, 0) is 37.9 Å². The van der Waals surface area contributed by atoms with Crippen molar-refractivity contribution >= 4 is 11.7 Å². The second kappa shape index (κ2) is 4.27. The summed E-state index contributed by atoms with van der Waals surface area (Å²) in [7, 11) is 1.49. The number of carbonyl (C=O) groups excluding carboxylic acids is 1. The second-order valence-corrected chi connectivity index (χ2v) is 8.16. The lowest BCUT2D eigenvalue weighted by Gasteiger charge is -2.50. The smallest absolute Gasteiger partial charge is 0.335 e. The van der Waals surface area contributed by atoms with E-state index >= 15 is 0 Å². The van der Waals surface area contributed by atoms with E-state index in [-0.39, 0.29) is 29.0 Å². The lowest BCUT2D eigenvalue weighted by molar-refractivity contribution is -0.138. The van der Waals surface area contributed by atoms with Crippen LogP contribution in [0.3, 0.4) is 0 Å². The van der Waals surface area contributed by atoms with Gasteiger partial charge in [0.2, 0.25) is 0 Å². The molecule has 1 unspecified atom stereocenters. The molecule has 5 atom stereocenters. The number of piperidine rings is 1. The van der Waals surface area contributed by atoms with Gasteiger partial charge in [0, 0.05) is 29.9 Å². The molecule has 130 valence electrons. The number of anilines is 1. The van der Waals surface area contributed by atoms with Gasteiger partial charge in [-0.15, -0.1) is 0 Å². The summed E-state index contributed by atoms with van der Waals surface area (Å²) in [4.78, 5) is 15.5. The number of hydrogen-bond acceptors (Lipinski definition) is 5. The van der Waals surface area contributed by atoms with Crippen LogP contribution >= 0.6 is 0 Å². The van der Waals surface area contributed by atoms with Crippen molar-refractivity contribution in [3.63, 3.8) is 0 Å². The molecule has 5 heteroatoms. The summed E-state index contributed by atoms with van der Waals surface area (Å²) < 4.78 is 11.4. The van der Waals surface area contributed by atoms with Crippen LogP contribution in [0.5, 0.6) is 0 Å². The minimum Gasteiger partial charge on any atom is -0.466 e. The Morgan fingerprint density at radius 2 is 2.20 bits per heavy atom. The largest absolute Gasteiger partial charge is 0.466 e. The lowest BCUT2D eigenvalue weighted by Crippen LogP contribution is -2.59. The van der Waals surface area contributed by atoms with E-state index in [1.165, 1.54) is 12.7 Å². The summed E-state index contributed by atoms with van der Waals surface area (Å²) in [6, 6.07) is 8.97. The zero-order valence-corrected chi connectivity index (χ0v) is 14.5. The molecule has 6 rings (SSSR count). The Kier molecular flexibility index (Phi) is 2.45. The third-order valence-electron chi connectivity index (χ3n) is 7.47. The first-order valence-corrected chi connectivity index (χ1v) is 9.23. The third kappa shape index (κ3) is 1.44. The number of methoxy groups -OCH3 is 1. The predicted molar refractivity (Wildman–Crippen MR) is 92.1 cm³/mol. The molecule has 0 amide bonds. The highest BCUT2D eigenvalue weighted by molar-refractivity contribution is 5.94. The predicted octanol–water partition coefficient (Wildman–Crippen LogP) is 2.04. The molecule has 2 bridgehead atoms. The lowest BCUT2D eigenvalue weighted by atomic mass is 9.60. The van der Waals surface area contributed by atoms with Gasteiger partial charge in [0.25, 0.3) is 0 Å². The number of carbonyl (C=O) groups is 1. The molecule has 0 saturated carbocycles. The molecule has 25 heavy (non-hydrogen) atoms. The van der Waals surface area contributed by atoms with Gasteiger partial charge < -0.3 is 14.8 Å². The van der Waals surface area contributed by atoms with Crippen LogP contribution in [0.25, 0.3) is 0 Å². The minimum absolute atomic E-state index is 0.0869. The Bertz CT molecular complexity index is 849. The van der Waals surface area contributed by atoms with Crippen LogP contribution < -0.4 is 5.32 Å². The maximum absolute atomic E-state index is 12.9. The number of ether oxygens (including phenoxy) is 2. The van der Waals surface area contributed by atoms with Gasteiger partial charge in [0.05, 0.1) is 24.2 Å². The molecule has 1 aromatic carbocycles. The van der Waals surface area contributed by atoms with E-state index in [1.54, 1.807) is 0 Å². The van der Waals surface area contributed by atoms with Crippen LogP contribution in [0, 0.1) is 5.92 Å². The number of nitrogens with zero attached hydrogens (tertiary/aromatic N) is 1. The molecule has 5 aliphatic rings. The maximum Gasteiger partial charge on any atom is 0.335 e. The fraction of sp³-hybridized carbons (Fsp3) is 0.550. The first-order chi connectivity index (χ1) is 12.1. The average Bonchev–Trinajstić information content (AvgIpc) is 2.98. The Morgan fingerprint density at radius 3 is 2.96 bits per heavy atom. The van der Waals surface area contributed by atoms with Gasteiger partial charge in [-0.3, -0.25) is 4.90 Å². The fourth-order valence-electron chi connectivity index (χ4n) is 6.34. The van der Waals surface area contributed by atoms with E-state index in [2.05, 4.69) is 41.4 Å². The number of fused-ring (bicyclic) bond motifs is 3. The van der Waals surface area contributed by atoms with Crippen LogP contribution in [0.1, 0.15) is 25.3 Å². The topological polar surface area (TPSA) is 54.1 Å². The quantitative estimate of drug-likeness (QED) is 0.627. The van der Waals surface area contributed by atoms with Crippen molar-refractivity contribution in [2.24, 2.45) is 5.92 Å². The molecule has 1 N–H and O–H groups in total. The highest BCUT2D eigenvalue weighted by atomic mass is 16.6. The Morgan fingerprint density at radius 1 is 1.40 bits per heavy atom. The van der Waals surface area contributed by atoms with Gasteiger partial charge in [0.15, 0.2) is 0 Å². The first-order valence-electron chi connectivity index (χ1n) is 9.23. The fourth-order valence-corrected chi connectivity index (χ4v) is 6.34. The monoisotopic (exact) mass is 338 g/mol. The van der Waals surface area contributed by atoms with Crippen LogP contribution in [-0.4, -0.2) is 48.8 Å². The number of esters is 1. The number of nitrogens with one attached hydrogen (secondary N) is 1. The summed E-state index contributed by atoms with van der Waals surface area (Å²) in [6.07, 6.45) is 2.23. The second-order valence-electron chi connectivity index (χ2n) is 8.16. The highest BCUT2D eigenvalue weighted by Gasteiger charge is 2.72. The summed E-state index contributed by atoms with van der Waals surface area (Å²) in [5.74, 6) is -0.0696. The van der Waals surface area contributed by atoms with E-state index in [0.29, 0.717) is 6.04 Å². The highest BCUT2D eigenvalue weighted by Crippen LogP contribution is 2.65. The maximum atomic E-state index is 12.9. The van der Waals surface area contributed by atoms with Gasteiger partial charge in [0.1, 0.15) is 5.60 Å². The van der Waals surface area contributed by atoms with E-state index in [1.807, 2.05) is 0 Å². The minimum atomic E-state index is -0.208. The molecule has 3 saturated heterocycles. The van der Waals surface area contributed by atoms with Crippen molar-refractivity contribution in [1.29, 1.82) is 0 Å². The van der Waals surface area contributed by atoms with Gasteiger partial charge in [-0.25, -0.2) is 4.79 Å². The van der Waals surface area contributed by atoms with Crippen molar-refractivity contribution in [2.45, 2.75) is 42.9 Å². The van der Waals surface area contributed by atoms with Crippen molar-refractivity contribution in [3.05, 3.63) is 41.1 Å². The van der Waals surface area contributed by atoms with Crippen molar-refractivity contribution in [2.75, 3.05) is 25.5 Å². The molecular weight excluding hydrogens is 316 g/mol. The van der Waals surface area contributed by atoms with Crippen LogP contribution in [-0.2, 0) is 19.7 Å². The van der Waals surface area contributed by atoms with E-state index in [4.69, 9.17) is 9.47 Å². The van der Waals surface area contributed by atoms with E-state index in [9.17, 15) is 4.79 Å².